The van der Waals surface area contributed by atoms with Crippen molar-refractivity contribution < 1.29 is 9.59 Å². The lowest BCUT2D eigenvalue weighted by atomic mass is 10.1. The molecule has 1 atom stereocenters. The first-order valence-electron chi connectivity index (χ1n) is 8.65. The molecule has 1 fully saturated rings. The van der Waals surface area contributed by atoms with Crippen molar-refractivity contribution >= 4 is 28.3 Å². The molecule has 0 bridgehead atoms. The van der Waals surface area contributed by atoms with Crippen LogP contribution in [0.2, 0.25) is 0 Å². The molecule has 0 saturated carbocycles. The summed E-state index contributed by atoms with van der Waals surface area (Å²) in [4.78, 5) is 28.7. The van der Waals surface area contributed by atoms with Gasteiger partial charge in [-0.3, -0.25) is 9.59 Å². The largest absolute Gasteiger partial charge is 0.345 e. The molecule has 2 aromatic carbocycles. The maximum absolute atomic E-state index is 12.6. The maximum Gasteiger partial charge on any atom is 0.227 e. The zero-order valence-corrected chi connectivity index (χ0v) is 14.4. The van der Waals surface area contributed by atoms with Gasteiger partial charge in [0.05, 0.1) is 11.6 Å². The molecular formula is C20H24N2O2. The number of rotatable bonds is 5. The molecule has 1 aliphatic rings. The van der Waals surface area contributed by atoms with E-state index >= 15 is 0 Å². The molecule has 4 nitrogen and oxygen atoms in total. The van der Waals surface area contributed by atoms with Crippen molar-refractivity contribution in [1.82, 2.24) is 4.90 Å². The molecule has 1 heterocycles. The second kappa shape index (κ2) is 7.04. The highest BCUT2D eigenvalue weighted by molar-refractivity contribution is 6.06. The van der Waals surface area contributed by atoms with Crippen molar-refractivity contribution in [1.29, 1.82) is 0 Å². The molecule has 0 spiro atoms. The van der Waals surface area contributed by atoms with E-state index in [0.717, 1.165) is 35.8 Å². The third-order valence-corrected chi connectivity index (χ3v) is 4.75. The van der Waals surface area contributed by atoms with Gasteiger partial charge in [-0.1, -0.05) is 49.7 Å². The van der Waals surface area contributed by atoms with Crippen LogP contribution in [0.25, 0.3) is 10.8 Å². The van der Waals surface area contributed by atoms with Crippen molar-refractivity contribution in [3.05, 3.63) is 42.5 Å². The molecule has 0 aromatic heterocycles. The van der Waals surface area contributed by atoms with Crippen molar-refractivity contribution in [3.8, 4) is 0 Å². The van der Waals surface area contributed by atoms with Gasteiger partial charge in [-0.25, -0.2) is 0 Å². The molecule has 3 rings (SSSR count). The van der Waals surface area contributed by atoms with Crippen molar-refractivity contribution in [2.45, 2.75) is 26.2 Å². The molecule has 1 aliphatic heterocycles. The van der Waals surface area contributed by atoms with Gasteiger partial charge in [-0.2, -0.15) is 0 Å². The minimum absolute atomic E-state index is 0.0357. The van der Waals surface area contributed by atoms with Gasteiger partial charge in [-0.15, -0.1) is 0 Å². The number of unbranched alkanes of at least 4 members (excludes halogenated alkanes) is 1. The molecular weight excluding hydrogens is 300 g/mol. The summed E-state index contributed by atoms with van der Waals surface area (Å²) in [6.07, 6.45) is 2.36. The van der Waals surface area contributed by atoms with Gasteiger partial charge in [0.1, 0.15) is 0 Å². The zero-order valence-electron chi connectivity index (χ0n) is 14.4. The molecule has 1 unspecified atom stereocenters. The molecule has 0 N–H and O–H groups in total. The van der Waals surface area contributed by atoms with Crippen LogP contribution in [0, 0.1) is 5.92 Å². The molecule has 0 aliphatic carbocycles. The lowest BCUT2D eigenvalue weighted by molar-refractivity contribution is -0.134. The van der Waals surface area contributed by atoms with E-state index in [1.165, 1.54) is 0 Å². The summed E-state index contributed by atoms with van der Waals surface area (Å²) in [5, 5.41) is 2.17. The lowest BCUT2D eigenvalue weighted by Gasteiger charge is -2.22. The second-order valence-electron chi connectivity index (χ2n) is 6.52. The Bertz CT molecular complexity index is 751. The van der Waals surface area contributed by atoms with E-state index in [-0.39, 0.29) is 17.7 Å². The van der Waals surface area contributed by atoms with Gasteiger partial charge in [0.15, 0.2) is 0 Å². The Kier molecular flexibility index (Phi) is 4.84. The molecule has 2 aromatic rings. The summed E-state index contributed by atoms with van der Waals surface area (Å²) in [7, 11) is 1.84. The van der Waals surface area contributed by atoms with Gasteiger partial charge in [-0.05, 0) is 17.9 Å². The highest BCUT2D eigenvalue weighted by Crippen LogP contribution is 2.32. The van der Waals surface area contributed by atoms with Crippen molar-refractivity contribution in [2.75, 3.05) is 25.0 Å². The molecule has 2 amide bonds. The first-order chi connectivity index (χ1) is 11.6. The predicted molar refractivity (Wildman–Crippen MR) is 97.0 cm³/mol. The zero-order chi connectivity index (χ0) is 17.1. The van der Waals surface area contributed by atoms with Gasteiger partial charge in [0, 0.05) is 31.9 Å². The van der Waals surface area contributed by atoms with Crippen LogP contribution >= 0.6 is 0 Å². The normalized spacial score (nSPS) is 17.5. The van der Waals surface area contributed by atoms with E-state index in [0.29, 0.717) is 13.0 Å². The van der Waals surface area contributed by atoms with E-state index in [2.05, 4.69) is 6.92 Å². The summed E-state index contributed by atoms with van der Waals surface area (Å²) in [6, 6.07) is 14.0. The van der Waals surface area contributed by atoms with Gasteiger partial charge >= 0.3 is 0 Å². The SMILES string of the molecule is CCCCN(C)C(=O)C1CC(=O)N(c2cccc3ccccc23)C1. The van der Waals surface area contributed by atoms with Crippen LogP contribution in [0.5, 0.6) is 0 Å². The molecule has 24 heavy (non-hydrogen) atoms. The molecule has 1 saturated heterocycles. The second-order valence-corrected chi connectivity index (χ2v) is 6.52. The third-order valence-electron chi connectivity index (χ3n) is 4.75. The summed E-state index contributed by atoms with van der Waals surface area (Å²) in [5.74, 6) is -0.119. The average molecular weight is 324 g/mol. The van der Waals surface area contributed by atoms with Crippen LogP contribution in [0.4, 0.5) is 5.69 Å². The van der Waals surface area contributed by atoms with Crippen LogP contribution in [0.3, 0.4) is 0 Å². The monoisotopic (exact) mass is 324 g/mol. The Morgan fingerprint density at radius 3 is 2.75 bits per heavy atom. The van der Waals surface area contributed by atoms with Crippen LogP contribution in [0.15, 0.2) is 42.5 Å². The minimum atomic E-state index is -0.238. The van der Waals surface area contributed by atoms with E-state index < -0.39 is 0 Å². The number of amides is 2. The number of carbonyl (C=O) groups is 2. The van der Waals surface area contributed by atoms with E-state index in [1.54, 1.807) is 9.80 Å². The summed E-state index contributed by atoms with van der Waals surface area (Å²) >= 11 is 0. The van der Waals surface area contributed by atoms with E-state index in [1.807, 2.05) is 49.5 Å². The third kappa shape index (κ3) is 3.14. The Morgan fingerprint density at radius 2 is 1.96 bits per heavy atom. The summed E-state index contributed by atoms with van der Waals surface area (Å²) in [5.41, 5.74) is 0.907. The highest BCUT2D eigenvalue weighted by atomic mass is 16.2. The quantitative estimate of drug-likeness (QED) is 0.845. The first-order valence-corrected chi connectivity index (χ1v) is 8.65. The van der Waals surface area contributed by atoms with Gasteiger partial charge < -0.3 is 9.80 Å². The topological polar surface area (TPSA) is 40.6 Å². The Hall–Kier alpha value is -2.36. The van der Waals surface area contributed by atoms with Crippen LogP contribution < -0.4 is 4.90 Å². The number of carbonyl (C=O) groups excluding carboxylic acids is 2. The number of benzene rings is 2. The number of fused-ring (bicyclic) bond motifs is 1. The van der Waals surface area contributed by atoms with Crippen molar-refractivity contribution in [2.24, 2.45) is 5.92 Å². The van der Waals surface area contributed by atoms with Crippen molar-refractivity contribution in [3.63, 3.8) is 0 Å². The molecule has 4 heteroatoms. The van der Waals surface area contributed by atoms with E-state index in [4.69, 9.17) is 0 Å². The maximum atomic E-state index is 12.6. The number of hydrogen-bond acceptors (Lipinski definition) is 2. The smallest absolute Gasteiger partial charge is 0.227 e. The van der Waals surface area contributed by atoms with Crippen LogP contribution in [0.1, 0.15) is 26.2 Å². The van der Waals surface area contributed by atoms with Crippen LogP contribution in [-0.2, 0) is 9.59 Å². The van der Waals surface area contributed by atoms with E-state index in [9.17, 15) is 9.59 Å². The fourth-order valence-corrected chi connectivity index (χ4v) is 3.37. The predicted octanol–water partition coefficient (Wildman–Crippen LogP) is 3.45. The summed E-state index contributed by atoms with van der Waals surface area (Å²) < 4.78 is 0. The van der Waals surface area contributed by atoms with Gasteiger partial charge in [0.2, 0.25) is 11.8 Å². The molecule has 0 radical (unpaired) electrons. The average Bonchev–Trinajstić information content (AvgIpc) is 3.00. The first kappa shape index (κ1) is 16.5. The van der Waals surface area contributed by atoms with Crippen LogP contribution in [-0.4, -0.2) is 36.9 Å². The molecule has 126 valence electrons. The number of nitrogens with zero attached hydrogens (tertiary/aromatic N) is 2. The Balaban J connectivity index is 1.81. The Labute approximate surface area is 143 Å². The van der Waals surface area contributed by atoms with Gasteiger partial charge in [0.25, 0.3) is 0 Å². The number of anilines is 1. The minimum Gasteiger partial charge on any atom is -0.345 e. The fourth-order valence-electron chi connectivity index (χ4n) is 3.37. The lowest BCUT2D eigenvalue weighted by Crippen LogP contribution is -2.35. The standard InChI is InChI=1S/C20H24N2O2/c1-3-4-12-21(2)20(24)16-13-19(23)22(14-16)18-11-7-9-15-8-5-6-10-17(15)18/h5-11,16H,3-4,12-14H2,1-2H3. The fraction of sp³-hybridized carbons (Fsp3) is 0.400. The summed E-state index contributed by atoms with van der Waals surface area (Å²) in [6.45, 7) is 3.34. The Morgan fingerprint density at radius 1 is 1.21 bits per heavy atom. The highest BCUT2D eigenvalue weighted by Gasteiger charge is 2.36. The number of hydrogen-bond donors (Lipinski definition) is 0.